The first-order valence-electron chi connectivity index (χ1n) is 4.69. The summed E-state index contributed by atoms with van der Waals surface area (Å²) in [6.07, 6.45) is 1.03. The highest BCUT2D eigenvalue weighted by atomic mass is 19.1. The van der Waals surface area contributed by atoms with Gasteiger partial charge in [-0.2, -0.15) is 0 Å². The van der Waals surface area contributed by atoms with Crippen molar-refractivity contribution in [3.63, 3.8) is 0 Å². The summed E-state index contributed by atoms with van der Waals surface area (Å²) in [5.74, 6) is 0.809. The van der Waals surface area contributed by atoms with Crippen LogP contribution in [0.15, 0.2) is 18.2 Å². The molecule has 1 aromatic carbocycles. The average molecular weight is 180 g/mol. The third kappa shape index (κ3) is 1.21. The monoisotopic (exact) mass is 180 g/mol. The Morgan fingerprint density at radius 1 is 1.46 bits per heavy atom. The highest BCUT2D eigenvalue weighted by Crippen LogP contribution is 2.41. The van der Waals surface area contributed by atoms with Gasteiger partial charge in [0.2, 0.25) is 0 Å². The molecule has 0 aromatic heterocycles. The maximum atomic E-state index is 13.4. The van der Waals surface area contributed by atoms with Gasteiger partial charge in [-0.15, -0.1) is 0 Å². The molecule has 0 saturated heterocycles. The lowest BCUT2D eigenvalue weighted by atomic mass is 9.93. The van der Waals surface area contributed by atoms with Gasteiger partial charge in [0.05, 0.1) is 0 Å². The zero-order valence-corrected chi connectivity index (χ0v) is 7.88. The lowest BCUT2D eigenvalue weighted by Gasteiger charge is -2.11. The molecule has 0 aliphatic carbocycles. The van der Waals surface area contributed by atoms with E-state index in [-0.39, 0.29) is 17.8 Å². The predicted molar refractivity (Wildman–Crippen MR) is 49.5 cm³/mol. The number of benzene rings is 1. The minimum atomic E-state index is -0.131. The van der Waals surface area contributed by atoms with Gasteiger partial charge >= 0.3 is 0 Å². The predicted octanol–water partition coefficient (Wildman–Crippen LogP) is 3.10. The summed E-state index contributed by atoms with van der Waals surface area (Å²) < 4.78 is 19.0. The van der Waals surface area contributed by atoms with Gasteiger partial charge < -0.3 is 4.74 Å². The van der Waals surface area contributed by atoms with Crippen LogP contribution >= 0.6 is 0 Å². The number of hydrogen-bond donors (Lipinski definition) is 0. The topological polar surface area (TPSA) is 9.23 Å². The quantitative estimate of drug-likeness (QED) is 0.645. The molecule has 2 unspecified atom stereocenters. The van der Waals surface area contributed by atoms with Crippen molar-refractivity contribution in [2.45, 2.75) is 32.3 Å². The van der Waals surface area contributed by atoms with Crippen LogP contribution in [-0.2, 0) is 0 Å². The van der Waals surface area contributed by atoms with Crippen LogP contribution in [0.2, 0.25) is 0 Å². The standard InChI is InChI=1S/C11H13FO/c1-3-8-7(2)13-10-6-4-5-9(12)11(8)10/h4-8H,3H2,1-2H3. The molecule has 2 atom stereocenters. The van der Waals surface area contributed by atoms with Crippen molar-refractivity contribution in [1.29, 1.82) is 0 Å². The van der Waals surface area contributed by atoms with Gasteiger partial charge in [-0.3, -0.25) is 0 Å². The molecule has 1 aromatic rings. The molecule has 0 N–H and O–H groups in total. The fourth-order valence-electron chi connectivity index (χ4n) is 2.03. The van der Waals surface area contributed by atoms with Gasteiger partial charge in [0.15, 0.2) is 0 Å². The number of halogens is 1. The van der Waals surface area contributed by atoms with Crippen molar-refractivity contribution < 1.29 is 9.13 Å². The molecule has 2 rings (SSSR count). The zero-order chi connectivity index (χ0) is 9.42. The van der Waals surface area contributed by atoms with Crippen molar-refractivity contribution in [2.24, 2.45) is 0 Å². The second-order valence-corrected chi connectivity index (χ2v) is 3.49. The molecule has 0 saturated carbocycles. The first-order chi connectivity index (χ1) is 6.24. The van der Waals surface area contributed by atoms with Crippen LogP contribution in [0.5, 0.6) is 5.75 Å². The number of ether oxygens (including phenoxy) is 1. The van der Waals surface area contributed by atoms with E-state index in [0.717, 1.165) is 17.7 Å². The highest BCUT2D eigenvalue weighted by Gasteiger charge is 2.32. The smallest absolute Gasteiger partial charge is 0.130 e. The van der Waals surface area contributed by atoms with E-state index in [1.54, 1.807) is 6.07 Å². The first-order valence-corrected chi connectivity index (χ1v) is 4.69. The van der Waals surface area contributed by atoms with Gasteiger partial charge in [-0.05, 0) is 25.5 Å². The van der Waals surface area contributed by atoms with E-state index < -0.39 is 0 Å². The number of rotatable bonds is 1. The fraction of sp³-hybridized carbons (Fsp3) is 0.455. The van der Waals surface area contributed by atoms with Crippen LogP contribution in [0, 0.1) is 5.82 Å². The molecule has 1 aliphatic rings. The lowest BCUT2D eigenvalue weighted by molar-refractivity contribution is 0.223. The van der Waals surface area contributed by atoms with Gasteiger partial charge in [0, 0.05) is 11.5 Å². The van der Waals surface area contributed by atoms with Crippen LogP contribution in [0.25, 0.3) is 0 Å². The van der Waals surface area contributed by atoms with E-state index in [2.05, 4.69) is 6.92 Å². The Hall–Kier alpha value is -1.05. The first kappa shape index (κ1) is 8.54. The van der Waals surface area contributed by atoms with Gasteiger partial charge in [-0.1, -0.05) is 13.0 Å². The Bertz CT molecular complexity index is 322. The maximum Gasteiger partial charge on any atom is 0.130 e. The Balaban J connectivity index is 2.49. The van der Waals surface area contributed by atoms with Crippen LogP contribution in [-0.4, -0.2) is 6.10 Å². The van der Waals surface area contributed by atoms with Gasteiger partial charge in [0.25, 0.3) is 0 Å². The minimum Gasteiger partial charge on any atom is -0.490 e. The maximum absolute atomic E-state index is 13.4. The molecular weight excluding hydrogens is 167 g/mol. The average Bonchev–Trinajstić information content (AvgIpc) is 2.42. The van der Waals surface area contributed by atoms with Crippen molar-refractivity contribution in [1.82, 2.24) is 0 Å². The molecule has 0 amide bonds. The van der Waals surface area contributed by atoms with Gasteiger partial charge in [-0.25, -0.2) is 4.39 Å². The molecule has 0 bridgehead atoms. The third-order valence-electron chi connectivity index (χ3n) is 2.70. The molecule has 0 radical (unpaired) electrons. The molecule has 1 nitrogen and oxygen atoms in total. The van der Waals surface area contributed by atoms with Crippen LogP contribution in [0.3, 0.4) is 0 Å². The summed E-state index contributed by atoms with van der Waals surface area (Å²) in [4.78, 5) is 0. The van der Waals surface area contributed by atoms with Gasteiger partial charge in [0.1, 0.15) is 17.7 Å². The summed E-state index contributed by atoms with van der Waals surface area (Å²) in [6.45, 7) is 4.06. The highest BCUT2D eigenvalue weighted by molar-refractivity contribution is 5.41. The Labute approximate surface area is 77.5 Å². The summed E-state index contributed by atoms with van der Waals surface area (Å²) in [5.41, 5.74) is 0.762. The third-order valence-corrected chi connectivity index (χ3v) is 2.70. The molecule has 1 heterocycles. The van der Waals surface area contributed by atoms with Crippen LogP contribution in [0.4, 0.5) is 4.39 Å². The lowest BCUT2D eigenvalue weighted by Crippen LogP contribution is -2.13. The zero-order valence-electron chi connectivity index (χ0n) is 7.88. The summed E-state index contributed by atoms with van der Waals surface area (Å²) in [6, 6.07) is 5.03. The molecular formula is C11H13FO. The van der Waals surface area contributed by atoms with Crippen molar-refractivity contribution >= 4 is 0 Å². The number of fused-ring (bicyclic) bond motifs is 1. The summed E-state index contributed by atoms with van der Waals surface area (Å²) in [5, 5.41) is 0. The van der Waals surface area contributed by atoms with Crippen LogP contribution < -0.4 is 4.74 Å². The SMILES string of the molecule is CCC1c2c(F)cccc2OC1C. The normalized spacial score (nSPS) is 25.5. The van der Waals surface area contributed by atoms with E-state index in [1.165, 1.54) is 6.07 Å². The minimum absolute atomic E-state index is 0.108. The summed E-state index contributed by atoms with van der Waals surface area (Å²) in [7, 11) is 0. The molecule has 70 valence electrons. The largest absolute Gasteiger partial charge is 0.490 e. The van der Waals surface area contributed by atoms with E-state index in [4.69, 9.17) is 4.74 Å². The summed E-state index contributed by atoms with van der Waals surface area (Å²) >= 11 is 0. The second kappa shape index (κ2) is 3.02. The molecule has 0 spiro atoms. The van der Waals surface area contributed by atoms with E-state index >= 15 is 0 Å². The van der Waals surface area contributed by atoms with Crippen molar-refractivity contribution in [3.8, 4) is 5.75 Å². The van der Waals surface area contributed by atoms with Crippen molar-refractivity contribution in [2.75, 3.05) is 0 Å². The van der Waals surface area contributed by atoms with E-state index in [9.17, 15) is 4.39 Å². The molecule has 13 heavy (non-hydrogen) atoms. The second-order valence-electron chi connectivity index (χ2n) is 3.49. The molecule has 0 fully saturated rings. The Kier molecular flexibility index (Phi) is 1.98. The Morgan fingerprint density at radius 2 is 2.23 bits per heavy atom. The van der Waals surface area contributed by atoms with E-state index in [0.29, 0.717) is 0 Å². The fourth-order valence-corrected chi connectivity index (χ4v) is 2.03. The molecule has 2 heteroatoms. The number of hydrogen-bond acceptors (Lipinski definition) is 1. The van der Waals surface area contributed by atoms with Crippen molar-refractivity contribution in [3.05, 3.63) is 29.6 Å². The molecule has 1 aliphatic heterocycles. The van der Waals surface area contributed by atoms with Crippen LogP contribution in [0.1, 0.15) is 31.7 Å². The Morgan fingerprint density at radius 3 is 2.92 bits per heavy atom. The van der Waals surface area contributed by atoms with E-state index in [1.807, 2.05) is 13.0 Å².